The van der Waals surface area contributed by atoms with E-state index in [4.69, 9.17) is 4.74 Å². The molecule has 2 atom stereocenters. The van der Waals surface area contributed by atoms with Gasteiger partial charge in [0.1, 0.15) is 5.75 Å². The average molecular weight is 249 g/mol. The lowest BCUT2D eigenvalue weighted by Gasteiger charge is -2.23. The van der Waals surface area contributed by atoms with E-state index in [1.807, 2.05) is 0 Å². The molecule has 1 aromatic carbocycles. The van der Waals surface area contributed by atoms with Crippen molar-refractivity contribution < 1.29 is 4.74 Å². The third-order valence-electron chi connectivity index (χ3n) is 3.48. The van der Waals surface area contributed by atoms with Crippen LogP contribution in [-0.2, 0) is 0 Å². The van der Waals surface area contributed by atoms with Crippen molar-refractivity contribution in [3.8, 4) is 5.75 Å². The second kappa shape index (κ2) is 7.30. The summed E-state index contributed by atoms with van der Waals surface area (Å²) >= 11 is 0. The number of benzene rings is 1. The Morgan fingerprint density at radius 3 is 2.56 bits per heavy atom. The van der Waals surface area contributed by atoms with Crippen LogP contribution in [0.3, 0.4) is 0 Å². The minimum Gasteiger partial charge on any atom is -0.491 e. The molecule has 0 heterocycles. The van der Waals surface area contributed by atoms with Crippen molar-refractivity contribution >= 4 is 5.69 Å². The van der Waals surface area contributed by atoms with Gasteiger partial charge in [0.25, 0.3) is 0 Å². The highest BCUT2D eigenvalue weighted by atomic mass is 16.5. The van der Waals surface area contributed by atoms with Gasteiger partial charge in [-0.05, 0) is 43.9 Å². The molecule has 1 N–H and O–H groups in total. The van der Waals surface area contributed by atoms with E-state index < -0.39 is 0 Å². The van der Waals surface area contributed by atoms with Gasteiger partial charge in [0.05, 0.1) is 12.3 Å². The molecule has 2 heteroatoms. The first kappa shape index (κ1) is 14.9. The van der Waals surface area contributed by atoms with Crippen molar-refractivity contribution in [3.63, 3.8) is 0 Å². The zero-order valence-electron chi connectivity index (χ0n) is 12.4. The Bertz CT molecular complexity index is 362. The van der Waals surface area contributed by atoms with Crippen LogP contribution in [0.5, 0.6) is 5.75 Å². The molecule has 0 aliphatic heterocycles. The molecule has 0 aliphatic carbocycles. The molecule has 0 aromatic heterocycles. The van der Waals surface area contributed by atoms with Crippen LogP contribution in [0.15, 0.2) is 18.2 Å². The van der Waals surface area contributed by atoms with Crippen LogP contribution in [0.1, 0.15) is 46.1 Å². The molecule has 0 fully saturated rings. The van der Waals surface area contributed by atoms with Gasteiger partial charge in [0, 0.05) is 6.04 Å². The summed E-state index contributed by atoms with van der Waals surface area (Å²) in [4.78, 5) is 0. The summed E-state index contributed by atoms with van der Waals surface area (Å²) in [5.41, 5.74) is 2.35. The molecular formula is C16H27NO. The minimum absolute atomic E-state index is 0.460. The van der Waals surface area contributed by atoms with Crippen molar-refractivity contribution in [2.75, 3.05) is 11.9 Å². The van der Waals surface area contributed by atoms with Crippen molar-refractivity contribution in [2.24, 2.45) is 5.92 Å². The predicted octanol–water partition coefficient (Wildman–Crippen LogP) is 4.63. The SMILES string of the molecule is CCCOc1cc(C)ccc1NC(C)C(C)CC. The number of rotatable bonds is 7. The lowest BCUT2D eigenvalue weighted by molar-refractivity contribution is 0.318. The van der Waals surface area contributed by atoms with Gasteiger partial charge in [-0.2, -0.15) is 0 Å². The van der Waals surface area contributed by atoms with E-state index in [2.05, 4.69) is 58.1 Å². The number of anilines is 1. The van der Waals surface area contributed by atoms with Crippen molar-refractivity contribution in [2.45, 2.75) is 53.5 Å². The number of ether oxygens (including phenoxy) is 1. The van der Waals surface area contributed by atoms with Crippen molar-refractivity contribution in [1.29, 1.82) is 0 Å². The van der Waals surface area contributed by atoms with Gasteiger partial charge in [0.2, 0.25) is 0 Å². The fourth-order valence-corrected chi connectivity index (χ4v) is 1.82. The van der Waals surface area contributed by atoms with Gasteiger partial charge in [-0.15, -0.1) is 0 Å². The minimum atomic E-state index is 0.460. The highest BCUT2D eigenvalue weighted by Crippen LogP contribution is 2.27. The fourth-order valence-electron chi connectivity index (χ4n) is 1.82. The molecule has 0 aliphatic rings. The third-order valence-corrected chi connectivity index (χ3v) is 3.48. The van der Waals surface area contributed by atoms with Crippen molar-refractivity contribution in [3.05, 3.63) is 23.8 Å². The Kier molecular flexibility index (Phi) is 6.03. The van der Waals surface area contributed by atoms with Gasteiger partial charge < -0.3 is 10.1 Å². The summed E-state index contributed by atoms with van der Waals surface area (Å²) in [5, 5.41) is 3.57. The maximum atomic E-state index is 5.82. The maximum Gasteiger partial charge on any atom is 0.142 e. The van der Waals surface area contributed by atoms with E-state index in [1.54, 1.807) is 0 Å². The Morgan fingerprint density at radius 2 is 1.94 bits per heavy atom. The summed E-state index contributed by atoms with van der Waals surface area (Å²) in [6.07, 6.45) is 2.22. The van der Waals surface area contributed by atoms with Crippen LogP contribution in [0, 0.1) is 12.8 Å². The van der Waals surface area contributed by atoms with Gasteiger partial charge in [-0.25, -0.2) is 0 Å². The van der Waals surface area contributed by atoms with Crippen LogP contribution in [0.2, 0.25) is 0 Å². The number of hydrogen-bond acceptors (Lipinski definition) is 2. The van der Waals surface area contributed by atoms with E-state index in [0.717, 1.165) is 24.5 Å². The van der Waals surface area contributed by atoms with Crippen LogP contribution in [0.25, 0.3) is 0 Å². The van der Waals surface area contributed by atoms with Gasteiger partial charge in [0.15, 0.2) is 0 Å². The molecule has 1 rings (SSSR count). The lowest BCUT2D eigenvalue weighted by atomic mass is 10.0. The van der Waals surface area contributed by atoms with Crippen LogP contribution >= 0.6 is 0 Å². The average Bonchev–Trinajstić information content (AvgIpc) is 2.37. The summed E-state index contributed by atoms with van der Waals surface area (Å²) in [6, 6.07) is 6.83. The Labute approximate surface area is 112 Å². The first-order valence-electron chi connectivity index (χ1n) is 7.08. The zero-order chi connectivity index (χ0) is 13.5. The zero-order valence-corrected chi connectivity index (χ0v) is 12.4. The molecule has 102 valence electrons. The molecule has 0 saturated carbocycles. The Hall–Kier alpha value is -1.18. The molecule has 0 saturated heterocycles. The predicted molar refractivity (Wildman–Crippen MR) is 79.5 cm³/mol. The van der Waals surface area contributed by atoms with Crippen molar-refractivity contribution in [1.82, 2.24) is 0 Å². The van der Waals surface area contributed by atoms with E-state index >= 15 is 0 Å². The van der Waals surface area contributed by atoms with E-state index in [1.165, 1.54) is 12.0 Å². The maximum absolute atomic E-state index is 5.82. The highest BCUT2D eigenvalue weighted by Gasteiger charge is 2.12. The number of nitrogens with one attached hydrogen (secondary N) is 1. The normalized spacial score (nSPS) is 14.1. The molecular weight excluding hydrogens is 222 g/mol. The molecule has 2 unspecified atom stereocenters. The van der Waals surface area contributed by atoms with Crippen LogP contribution < -0.4 is 10.1 Å². The van der Waals surface area contributed by atoms with Gasteiger partial charge in [-0.3, -0.25) is 0 Å². The quantitative estimate of drug-likeness (QED) is 0.760. The summed E-state index contributed by atoms with van der Waals surface area (Å²) in [5.74, 6) is 1.64. The van der Waals surface area contributed by atoms with E-state index in [0.29, 0.717) is 12.0 Å². The Balaban J connectivity index is 2.80. The number of aryl methyl sites for hydroxylation is 1. The van der Waals surface area contributed by atoms with E-state index in [9.17, 15) is 0 Å². The summed E-state index contributed by atoms with van der Waals surface area (Å²) < 4.78 is 5.82. The topological polar surface area (TPSA) is 21.3 Å². The third kappa shape index (κ3) is 4.25. The van der Waals surface area contributed by atoms with E-state index in [-0.39, 0.29) is 0 Å². The molecule has 2 nitrogen and oxygen atoms in total. The fraction of sp³-hybridized carbons (Fsp3) is 0.625. The molecule has 0 bridgehead atoms. The number of hydrogen-bond donors (Lipinski definition) is 1. The van der Waals surface area contributed by atoms with Gasteiger partial charge in [-0.1, -0.05) is 33.3 Å². The largest absolute Gasteiger partial charge is 0.491 e. The Morgan fingerprint density at radius 1 is 1.22 bits per heavy atom. The second-order valence-electron chi connectivity index (χ2n) is 5.17. The highest BCUT2D eigenvalue weighted by molar-refractivity contribution is 5.58. The molecule has 18 heavy (non-hydrogen) atoms. The molecule has 0 spiro atoms. The molecule has 1 aromatic rings. The standard InChI is InChI=1S/C16H27NO/c1-6-10-18-16-11-12(3)8-9-15(16)17-14(5)13(4)7-2/h8-9,11,13-14,17H,6-7,10H2,1-5H3. The van der Waals surface area contributed by atoms with Crippen LogP contribution in [0.4, 0.5) is 5.69 Å². The molecule has 0 radical (unpaired) electrons. The first-order chi connectivity index (χ1) is 8.58. The lowest BCUT2D eigenvalue weighted by Crippen LogP contribution is -2.23. The molecule has 0 amide bonds. The summed E-state index contributed by atoms with van der Waals surface area (Å²) in [6.45, 7) is 11.7. The smallest absolute Gasteiger partial charge is 0.142 e. The monoisotopic (exact) mass is 249 g/mol. The van der Waals surface area contributed by atoms with Gasteiger partial charge >= 0.3 is 0 Å². The van der Waals surface area contributed by atoms with Crippen LogP contribution in [-0.4, -0.2) is 12.6 Å². The second-order valence-corrected chi connectivity index (χ2v) is 5.17. The summed E-state index contributed by atoms with van der Waals surface area (Å²) in [7, 11) is 0. The first-order valence-corrected chi connectivity index (χ1v) is 7.08.